The molecule has 0 heterocycles. The van der Waals surface area contributed by atoms with Crippen molar-refractivity contribution in [3.63, 3.8) is 0 Å². The number of Topliss-reactive ketones (excluding diaryl/α,β-unsaturated/α-hetero) is 2. The van der Waals surface area contributed by atoms with Crippen LogP contribution in [0.5, 0.6) is 0 Å². The highest BCUT2D eigenvalue weighted by Gasteiger charge is 2.37. The molecule has 4 nitrogen and oxygen atoms in total. The smallest absolute Gasteiger partial charge is 0.324 e. The molecule has 0 aromatic heterocycles. The van der Waals surface area contributed by atoms with Crippen LogP contribution in [0.4, 0.5) is 0 Å². The van der Waals surface area contributed by atoms with Crippen molar-refractivity contribution in [2.75, 3.05) is 6.61 Å². The quantitative estimate of drug-likeness (QED) is 0.454. The molecule has 0 aliphatic heterocycles. The van der Waals surface area contributed by atoms with Crippen LogP contribution in [0.25, 0.3) is 0 Å². The van der Waals surface area contributed by atoms with Crippen LogP contribution in [-0.4, -0.2) is 24.1 Å². The van der Waals surface area contributed by atoms with E-state index in [4.69, 9.17) is 27.9 Å². The fraction of sp³-hybridized carbons (Fsp3) is 0.400. The van der Waals surface area contributed by atoms with Crippen molar-refractivity contribution in [1.82, 2.24) is 0 Å². The van der Waals surface area contributed by atoms with E-state index in [0.29, 0.717) is 5.02 Å². The van der Waals surface area contributed by atoms with E-state index in [0.717, 1.165) is 0 Å². The summed E-state index contributed by atoms with van der Waals surface area (Å²) < 4.78 is 4.83. The van der Waals surface area contributed by atoms with E-state index in [-0.39, 0.29) is 17.2 Å². The Morgan fingerprint density at radius 3 is 2.29 bits per heavy atom. The lowest BCUT2D eigenvalue weighted by Gasteiger charge is -2.16. The van der Waals surface area contributed by atoms with Gasteiger partial charge < -0.3 is 4.74 Å². The van der Waals surface area contributed by atoms with Gasteiger partial charge in [-0.3, -0.25) is 14.4 Å². The highest BCUT2D eigenvalue weighted by atomic mass is 35.5. The van der Waals surface area contributed by atoms with Crippen molar-refractivity contribution < 1.29 is 19.1 Å². The molecule has 0 N–H and O–H groups in total. The van der Waals surface area contributed by atoms with Crippen LogP contribution in [0.15, 0.2) is 18.2 Å². The average molecular weight is 331 g/mol. The topological polar surface area (TPSA) is 60.4 Å². The maximum absolute atomic E-state index is 12.5. The van der Waals surface area contributed by atoms with Crippen LogP contribution in [-0.2, 0) is 14.3 Å². The zero-order chi connectivity index (χ0) is 16.2. The average Bonchev–Trinajstić information content (AvgIpc) is 2.38. The molecule has 0 saturated carbocycles. The number of esters is 1. The standard InChI is InChI=1S/C15H16Cl2O4/c1-4-21-15(20)12(13(18)8(2)3)14(19)10-6-5-9(16)7-11(10)17/h5-8,12H,4H2,1-3H3. The number of ketones is 2. The maximum Gasteiger partial charge on any atom is 0.324 e. The molecule has 114 valence electrons. The largest absolute Gasteiger partial charge is 0.465 e. The summed E-state index contributed by atoms with van der Waals surface area (Å²) in [6, 6.07) is 4.26. The van der Waals surface area contributed by atoms with E-state index in [1.165, 1.54) is 18.2 Å². The first-order valence-corrected chi connectivity index (χ1v) is 7.24. The molecule has 0 aliphatic carbocycles. The van der Waals surface area contributed by atoms with Gasteiger partial charge in [0.2, 0.25) is 0 Å². The fourth-order valence-corrected chi connectivity index (χ4v) is 2.26. The second-order valence-corrected chi connectivity index (χ2v) is 5.57. The molecule has 0 aliphatic rings. The van der Waals surface area contributed by atoms with Crippen molar-refractivity contribution in [2.45, 2.75) is 20.8 Å². The number of carbonyl (C=O) groups excluding carboxylic acids is 3. The zero-order valence-corrected chi connectivity index (χ0v) is 13.5. The van der Waals surface area contributed by atoms with Crippen molar-refractivity contribution in [1.29, 1.82) is 0 Å². The number of benzene rings is 1. The van der Waals surface area contributed by atoms with Gasteiger partial charge in [0.15, 0.2) is 17.5 Å². The monoisotopic (exact) mass is 330 g/mol. The van der Waals surface area contributed by atoms with Gasteiger partial charge in [-0.15, -0.1) is 0 Å². The van der Waals surface area contributed by atoms with Crippen LogP contribution in [0.2, 0.25) is 10.0 Å². The van der Waals surface area contributed by atoms with Gasteiger partial charge in [0.25, 0.3) is 0 Å². The van der Waals surface area contributed by atoms with Gasteiger partial charge in [0, 0.05) is 16.5 Å². The minimum Gasteiger partial charge on any atom is -0.465 e. The minimum atomic E-state index is -1.50. The molecule has 0 bridgehead atoms. The maximum atomic E-state index is 12.5. The van der Waals surface area contributed by atoms with Crippen LogP contribution in [0, 0.1) is 11.8 Å². The van der Waals surface area contributed by atoms with Gasteiger partial charge >= 0.3 is 5.97 Å². The molecule has 1 atom stereocenters. The molecule has 1 aromatic rings. The normalized spacial score (nSPS) is 12.1. The van der Waals surface area contributed by atoms with E-state index in [9.17, 15) is 14.4 Å². The first-order valence-electron chi connectivity index (χ1n) is 6.49. The van der Waals surface area contributed by atoms with Gasteiger partial charge in [0.1, 0.15) is 0 Å². The van der Waals surface area contributed by atoms with Crippen molar-refractivity contribution >= 4 is 40.7 Å². The molecule has 21 heavy (non-hydrogen) atoms. The SMILES string of the molecule is CCOC(=O)C(C(=O)c1ccc(Cl)cc1Cl)C(=O)C(C)C. The van der Waals surface area contributed by atoms with E-state index in [1.54, 1.807) is 20.8 Å². The summed E-state index contributed by atoms with van der Waals surface area (Å²) in [4.78, 5) is 36.6. The minimum absolute atomic E-state index is 0.0770. The molecule has 6 heteroatoms. The molecule has 0 radical (unpaired) electrons. The molecular weight excluding hydrogens is 315 g/mol. The molecular formula is C15H16Cl2O4. The van der Waals surface area contributed by atoms with E-state index in [2.05, 4.69) is 0 Å². The predicted molar refractivity (Wildman–Crippen MR) is 80.8 cm³/mol. The zero-order valence-electron chi connectivity index (χ0n) is 12.0. The van der Waals surface area contributed by atoms with Gasteiger partial charge in [-0.1, -0.05) is 37.0 Å². The summed E-state index contributed by atoms with van der Waals surface area (Å²) in [6.07, 6.45) is 0. The molecule has 1 rings (SSSR count). The Bertz CT molecular complexity index is 567. The summed E-state index contributed by atoms with van der Waals surface area (Å²) in [6.45, 7) is 4.92. The van der Waals surface area contributed by atoms with E-state index >= 15 is 0 Å². The summed E-state index contributed by atoms with van der Waals surface area (Å²) in [7, 11) is 0. The molecule has 1 aromatic carbocycles. The lowest BCUT2D eigenvalue weighted by Crippen LogP contribution is -2.36. The van der Waals surface area contributed by atoms with Crippen LogP contribution >= 0.6 is 23.2 Å². The third-order valence-electron chi connectivity index (χ3n) is 2.83. The van der Waals surface area contributed by atoms with E-state index < -0.39 is 29.4 Å². The van der Waals surface area contributed by atoms with Gasteiger partial charge in [0.05, 0.1) is 11.6 Å². The van der Waals surface area contributed by atoms with Crippen LogP contribution < -0.4 is 0 Å². The number of hydrogen-bond donors (Lipinski definition) is 0. The number of carbonyl (C=O) groups is 3. The van der Waals surface area contributed by atoms with Gasteiger partial charge in [-0.25, -0.2) is 0 Å². The molecule has 0 spiro atoms. The number of hydrogen-bond acceptors (Lipinski definition) is 4. The fourth-order valence-electron chi connectivity index (χ4n) is 1.76. The Kier molecular flexibility index (Phi) is 6.37. The Morgan fingerprint density at radius 1 is 1.19 bits per heavy atom. The highest BCUT2D eigenvalue weighted by Crippen LogP contribution is 2.25. The Hall–Kier alpha value is -1.39. The highest BCUT2D eigenvalue weighted by molar-refractivity contribution is 6.38. The summed E-state index contributed by atoms with van der Waals surface area (Å²) in [5, 5.41) is 0.456. The Balaban J connectivity index is 3.22. The second kappa shape index (κ2) is 7.57. The summed E-state index contributed by atoms with van der Waals surface area (Å²) >= 11 is 11.7. The first-order chi connectivity index (χ1) is 9.79. The molecule has 0 fully saturated rings. The third kappa shape index (κ3) is 4.29. The summed E-state index contributed by atoms with van der Waals surface area (Å²) in [5.41, 5.74) is 0.0770. The first kappa shape index (κ1) is 17.7. The summed E-state index contributed by atoms with van der Waals surface area (Å²) in [5.74, 6) is -4.00. The third-order valence-corrected chi connectivity index (χ3v) is 3.38. The van der Waals surface area contributed by atoms with E-state index in [1.807, 2.05) is 0 Å². The Labute approximate surface area is 133 Å². The molecule has 0 saturated heterocycles. The van der Waals surface area contributed by atoms with Crippen molar-refractivity contribution in [3.05, 3.63) is 33.8 Å². The van der Waals surface area contributed by atoms with Crippen LogP contribution in [0.1, 0.15) is 31.1 Å². The van der Waals surface area contributed by atoms with Gasteiger partial charge in [-0.05, 0) is 25.1 Å². The van der Waals surface area contributed by atoms with Crippen LogP contribution in [0.3, 0.4) is 0 Å². The van der Waals surface area contributed by atoms with Crippen molar-refractivity contribution in [3.8, 4) is 0 Å². The molecule has 0 amide bonds. The predicted octanol–water partition coefficient (Wildman–Crippen LogP) is 3.58. The second-order valence-electron chi connectivity index (χ2n) is 4.73. The number of rotatable bonds is 6. The number of halogens is 2. The lowest BCUT2D eigenvalue weighted by molar-refractivity contribution is -0.150. The number of ether oxygens (including phenoxy) is 1. The lowest BCUT2D eigenvalue weighted by atomic mass is 9.88. The van der Waals surface area contributed by atoms with Gasteiger partial charge in [-0.2, -0.15) is 0 Å². The van der Waals surface area contributed by atoms with Crippen molar-refractivity contribution in [2.24, 2.45) is 11.8 Å². The molecule has 1 unspecified atom stereocenters. The Morgan fingerprint density at radius 2 is 1.81 bits per heavy atom.